The molecule has 0 aliphatic heterocycles. The van der Waals surface area contributed by atoms with Gasteiger partial charge in [-0.15, -0.1) is 26.3 Å². The van der Waals surface area contributed by atoms with Crippen molar-refractivity contribution in [1.82, 2.24) is 0 Å². The maximum absolute atomic E-state index is 14.8. The van der Waals surface area contributed by atoms with Crippen molar-refractivity contribution < 1.29 is 115 Å². The van der Waals surface area contributed by atoms with Gasteiger partial charge in [0.05, 0.1) is 33.4 Å². The highest BCUT2D eigenvalue weighted by Gasteiger charge is 2.47. The first-order valence-corrected chi connectivity index (χ1v) is 16.9. The van der Waals surface area contributed by atoms with Crippen LogP contribution in [0.3, 0.4) is 0 Å². The number of benzene rings is 5. The molecule has 0 heterocycles. The standard InChI is InChI=1S/C38H16F24N2O2/c39-31(40,41)25-10-27(33(45,46)47)21(7-19(25)13-1-15(63)5-17(3-13)65-37(57,58)59)23-9-24(30(36(54,55)56)12-29(23)35(51,52)53)22-8-20(26(32(42,43)44)11-28(22)34(48,49)50)14-2-16(64)6-18(4-14)66-38(60,61)62/h1-12H,63-64H2. The quantitative estimate of drug-likeness (QED) is 0.131. The third-order valence-electron chi connectivity index (χ3n) is 8.83. The molecule has 66 heavy (non-hydrogen) atoms. The average Bonchev–Trinajstić information content (AvgIpc) is 3.09. The second-order valence-electron chi connectivity index (χ2n) is 13.5. The van der Waals surface area contributed by atoms with Gasteiger partial charge in [-0.25, -0.2) is 0 Å². The molecule has 5 aromatic carbocycles. The van der Waals surface area contributed by atoms with Crippen molar-refractivity contribution in [2.24, 2.45) is 0 Å². The first-order valence-electron chi connectivity index (χ1n) is 16.9. The van der Waals surface area contributed by atoms with Gasteiger partial charge in [-0.2, -0.15) is 79.0 Å². The number of anilines is 2. The molecule has 0 aliphatic carbocycles. The molecule has 0 spiro atoms. The van der Waals surface area contributed by atoms with E-state index in [9.17, 15) is 105 Å². The summed E-state index contributed by atoms with van der Waals surface area (Å²) in [5.41, 5.74) is -23.0. The maximum atomic E-state index is 14.8. The summed E-state index contributed by atoms with van der Waals surface area (Å²) in [4.78, 5) is 0. The van der Waals surface area contributed by atoms with Crippen LogP contribution in [0.4, 0.5) is 117 Å². The van der Waals surface area contributed by atoms with E-state index in [4.69, 9.17) is 11.5 Å². The molecule has 4 N–H and O–H groups in total. The fourth-order valence-corrected chi connectivity index (χ4v) is 6.52. The fourth-order valence-electron chi connectivity index (χ4n) is 6.52. The lowest BCUT2D eigenvalue weighted by molar-refractivity contribution is -0.275. The van der Waals surface area contributed by atoms with E-state index >= 15 is 0 Å². The van der Waals surface area contributed by atoms with Crippen molar-refractivity contribution in [2.45, 2.75) is 49.8 Å². The molecule has 358 valence electrons. The highest BCUT2D eigenvalue weighted by molar-refractivity contribution is 5.88. The molecular weight excluding hydrogens is 972 g/mol. The van der Waals surface area contributed by atoms with E-state index in [1.165, 1.54) is 0 Å². The molecule has 0 atom stereocenters. The van der Waals surface area contributed by atoms with E-state index < -0.39 is 187 Å². The molecule has 4 nitrogen and oxygen atoms in total. The molecular formula is C38H16F24N2O2. The summed E-state index contributed by atoms with van der Waals surface area (Å²) in [6, 6.07) is -3.49. The summed E-state index contributed by atoms with van der Waals surface area (Å²) in [5.74, 6) is -2.98. The van der Waals surface area contributed by atoms with E-state index in [0.29, 0.717) is 24.3 Å². The summed E-state index contributed by atoms with van der Waals surface area (Å²) >= 11 is 0. The summed E-state index contributed by atoms with van der Waals surface area (Å²) in [7, 11) is 0. The molecule has 28 heteroatoms. The zero-order valence-electron chi connectivity index (χ0n) is 31.0. The Balaban J connectivity index is 2.06. The minimum atomic E-state index is -6.36. The van der Waals surface area contributed by atoms with Gasteiger partial charge in [0.2, 0.25) is 0 Å². The van der Waals surface area contributed by atoms with Crippen LogP contribution in [0.1, 0.15) is 33.4 Å². The summed E-state index contributed by atoms with van der Waals surface area (Å²) in [5, 5.41) is 0. The number of hydrogen-bond acceptors (Lipinski definition) is 4. The SMILES string of the molecule is Nc1cc(OC(F)(F)F)cc(-c2cc(-c3cc(-c4cc(-c5cc(N)cc(OC(F)(F)F)c5)c(C(F)(F)F)cc4C(F)(F)F)c(C(F)(F)F)cc3C(F)(F)F)c(C(F)(F)F)cc2C(F)(F)F)c1. The number of hydrogen-bond donors (Lipinski definition) is 2. The Labute approximate surface area is 349 Å². The van der Waals surface area contributed by atoms with Gasteiger partial charge < -0.3 is 20.9 Å². The van der Waals surface area contributed by atoms with Crippen LogP contribution in [0, 0.1) is 0 Å². The van der Waals surface area contributed by atoms with E-state index in [0.717, 1.165) is 0 Å². The van der Waals surface area contributed by atoms with Crippen LogP contribution in [0.2, 0.25) is 0 Å². The lowest BCUT2D eigenvalue weighted by Crippen LogP contribution is -2.19. The number of rotatable bonds is 6. The van der Waals surface area contributed by atoms with Crippen LogP contribution >= 0.6 is 0 Å². The van der Waals surface area contributed by atoms with Gasteiger partial charge in [0.1, 0.15) is 11.5 Å². The van der Waals surface area contributed by atoms with Crippen LogP contribution in [-0.2, 0) is 37.1 Å². The van der Waals surface area contributed by atoms with Crippen LogP contribution < -0.4 is 20.9 Å². The Hall–Kier alpha value is -6.38. The highest BCUT2D eigenvalue weighted by atomic mass is 19.4. The molecule has 0 saturated carbocycles. The van der Waals surface area contributed by atoms with Gasteiger partial charge in [-0.05, 0) is 105 Å². The highest BCUT2D eigenvalue weighted by Crippen LogP contribution is 2.54. The lowest BCUT2D eigenvalue weighted by Gasteiger charge is -2.26. The smallest absolute Gasteiger partial charge is 0.406 e. The first kappa shape index (κ1) is 50.6. The van der Waals surface area contributed by atoms with Crippen LogP contribution in [0.15, 0.2) is 72.8 Å². The topological polar surface area (TPSA) is 70.5 Å². The average molecular weight is 989 g/mol. The van der Waals surface area contributed by atoms with Crippen molar-refractivity contribution in [1.29, 1.82) is 0 Å². The Bertz CT molecular complexity index is 2480. The lowest BCUT2D eigenvalue weighted by atomic mass is 9.83. The second-order valence-corrected chi connectivity index (χ2v) is 13.5. The van der Waals surface area contributed by atoms with Crippen molar-refractivity contribution in [3.63, 3.8) is 0 Å². The van der Waals surface area contributed by atoms with Crippen molar-refractivity contribution >= 4 is 11.4 Å². The molecule has 0 radical (unpaired) electrons. The third kappa shape index (κ3) is 11.3. The van der Waals surface area contributed by atoms with E-state index in [2.05, 4.69) is 9.47 Å². The van der Waals surface area contributed by atoms with Crippen LogP contribution in [-0.4, -0.2) is 12.7 Å². The van der Waals surface area contributed by atoms with Gasteiger partial charge in [0, 0.05) is 23.5 Å². The minimum Gasteiger partial charge on any atom is -0.406 e. The monoisotopic (exact) mass is 988 g/mol. The summed E-state index contributed by atoms with van der Waals surface area (Å²) < 4.78 is 349. The Morgan fingerprint density at radius 1 is 0.258 bits per heavy atom. The van der Waals surface area contributed by atoms with Crippen LogP contribution in [0.5, 0.6) is 11.5 Å². The molecule has 5 aromatic rings. The van der Waals surface area contributed by atoms with Gasteiger partial charge in [0.25, 0.3) is 0 Å². The van der Waals surface area contributed by atoms with Crippen LogP contribution in [0.25, 0.3) is 44.5 Å². The van der Waals surface area contributed by atoms with Crippen molar-refractivity contribution in [2.75, 3.05) is 11.5 Å². The Kier molecular flexibility index (Phi) is 12.4. The number of alkyl halides is 24. The second kappa shape index (κ2) is 16.2. The number of ether oxygens (including phenoxy) is 2. The van der Waals surface area contributed by atoms with E-state index in [1.54, 1.807) is 0 Å². The maximum Gasteiger partial charge on any atom is 0.573 e. The summed E-state index contributed by atoms with van der Waals surface area (Å²) in [6.07, 6.45) is -48.7. The third-order valence-corrected chi connectivity index (χ3v) is 8.83. The fraction of sp³-hybridized carbons (Fsp3) is 0.211. The van der Waals surface area contributed by atoms with Gasteiger partial charge in [-0.3, -0.25) is 0 Å². The van der Waals surface area contributed by atoms with E-state index in [-0.39, 0.29) is 12.1 Å². The molecule has 0 fully saturated rings. The zero-order valence-corrected chi connectivity index (χ0v) is 31.0. The number of nitrogens with two attached hydrogens (primary N) is 2. The molecule has 0 aliphatic rings. The molecule has 0 bridgehead atoms. The molecule has 0 unspecified atom stereocenters. The minimum absolute atomic E-state index is 0.0230. The normalized spacial score (nSPS) is 13.6. The van der Waals surface area contributed by atoms with E-state index in [1.807, 2.05) is 0 Å². The molecule has 0 amide bonds. The van der Waals surface area contributed by atoms with Gasteiger partial charge >= 0.3 is 49.8 Å². The largest absolute Gasteiger partial charge is 0.573 e. The number of halogens is 24. The predicted octanol–water partition coefficient (Wildman–Crippen LogP) is 15.4. The van der Waals surface area contributed by atoms with Gasteiger partial charge in [-0.1, -0.05) is 0 Å². The molecule has 5 rings (SSSR count). The van der Waals surface area contributed by atoms with Crippen molar-refractivity contribution in [3.8, 4) is 56.0 Å². The first-order chi connectivity index (χ1) is 29.5. The molecule has 0 aromatic heterocycles. The summed E-state index contributed by atoms with van der Waals surface area (Å²) in [6.45, 7) is 0. The van der Waals surface area contributed by atoms with Crippen molar-refractivity contribution in [3.05, 3.63) is 106 Å². The Morgan fingerprint density at radius 3 is 0.682 bits per heavy atom. The van der Waals surface area contributed by atoms with Gasteiger partial charge in [0.15, 0.2) is 0 Å². The number of nitrogen functional groups attached to an aromatic ring is 2. The molecule has 0 saturated heterocycles. The predicted molar refractivity (Wildman–Crippen MR) is 180 cm³/mol. The Morgan fingerprint density at radius 2 is 0.470 bits per heavy atom. The zero-order chi connectivity index (χ0) is 50.3.